The Hall–Kier alpha value is -4.61. The number of aromatic nitrogens is 1. The quantitative estimate of drug-likeness (QED) is 0.0878. The molecule has 1 aliphatic heterocycles. The molecule has 0 radical (unpaired) electrons. The average Bonchev–Trinajstić information content (AvgIpc) is 3.04. The first-order valence-electron chi connectivity index (χ1n) is 15.5. The number of amides is 3. The molecule has 2 heterocycles. The number of likely N-dealkylation sites (tertiary alicyclic amines) is 1. The minimum Gasteiger partial charge on any atom is -0.389 e. The largest absolute Gasteiger partial charge is 0.471 e. The molecule has 3 amide bonds. The highest BCUT2D eigenvalue weighted by molar-refractivity contribution is 6.71. The SMILES string of the molecule is CC(C)(O)CN/C=C(\C(=N)Cl)C(=O)N[C@H]1C[C@@H](Nc2cc(C(F)(F)F)nc3ccc(Cl)cc23)CN(C(=O)[C@H](NC(=O)C(F)(F)F)c2ccccc2)C1. The van der Waals surface area contributed by atoms with Crippen molar-refractivity contribution >= 4 is 62.7 Å². The summed E-state index contributed by atoms with van der Waals surface area (Å²) in [4.78, 5) is 44.2. The molecular formula is C33H33Cl2F6N7O4. The Labute approximate surface area is 303 Å². The molecule has 1 fully saturated rings. The second-order valence-electron chi connectivity index (χ2n) is 12.6. The van der Waals surface area contributed by atoms with Crippen LogP contribution in [-0.4, -0.2) is 81.4 Å². The smallest absolute Gasteiger partial charge is 0.389 e. The molecular weight excluding hydrogens is 743 g/mol. The van der Waals surface area contributed by atoms with Gasteiger partial charge in [0.1, 0.15) is 16.9 Å². The van der Waals surface area contributed by atoms with E-state index in [-0.39, 0.29) is 58.8 Å². The van der Waals surface area contributed by atoms with Crippen LogP contribution in [0, 0.1) is 5.41 Å². The van der Waals surface area contributed by atoms with Gasteiger partial charge in [0.25, 0.3) is 5.91 Å². The van der Waals surface area contributed by atoms with Gasteiger partial charge in [-0.3, -0.25) is 19.8 Å². The zero-order chi connectivity index (χ0) is 38.6. The summed E-state index contributed by atoms with van der Waals surface area (Å²) in [5.74, 6) is -4.31. The fourth-order valence-corrected chi connectivity index (χ4v) is 5.71. The lowest BCUT2D eigenvalue weighted by atomic mass is 9.97. The van der Waals surface area contributed by atoms with Crippen molar-refractivity contribution in [2.75, 3.05) is 25.0 Å². The summed E-state index contributed by atoms with van der Waals surface area (Å²) in [5, 5.41) is 27.5. The van der Waals surface area contributed by atoms with Gasteiger partial charge in [0.15, 0.2) is 0 Å². The van der Waals surface area contributed by atoms with Crippen LogP contribution >= 0.6 is 23.2 Å². The minimum atomic E-state index is -5.34. The average molecular weight is 777 g/mol. The van der Waals surface area contributed by atoms with E-state index in [1.165, 1.54) is 56.3 Å². The first-order chi connectivity index (χ1) is 24.1. The highest BCUT2D eigenvalue weighted by Gasteiger charge is 2.43. The van der Waals surface area contributed by atoms with Crippen LogP contribution in [-0.2, 0) is 20.6 Å². The second kappa shape index (κ2) is 16.0. The number of nitrogens with one attached hydrogen (secondary N) is 5. The Kier molecular flexibility index (Phi) is 12.3. The molecule has 52 heavy (non-hydrogen) atoms. The third-order valence-electron chi connectivity index (χ3n) is 7.69. The summed E-state index contributed by atoms with van der Waals surface area (Å²) < 4.78 is 81.7. The number of hydrogen-bond donors (Lipinski definition) is 6. The van der Waals surface area contributed by atoms with E-state index in [0.717, 1.165) is 17.2 Å². The predicted molar refractivity (Wildman–Crippen MR) is 182 cm³/mol. The number of fused-ring (bicyclic) bond motifs is 1. The van der Waals surface area contributed by atoms with Crippen LogP contribution in [0.2, 0.25) is 5.02 Å². The maximum atomic E-state index is 14.0. The summed E-state index contributed by atoms with van der Waals surface area (Å²) in [7, 11) is 0. The molecule has 2 aromatic carbocycles. The molecule has 1 aliphatic rings. The minimum absolute atomic E-state index is 0.00375. The molecule has 0 aliphatic carbocycles. The first-order valence-corrected chi connectivity index (χ1v) is 16.2. The molecule has 280 valence electrons. The van der Waals surface area contributed by atoms with Crippen molar-refractivity contribution in [2.45, 2.75) is 56.3 Å². The lowest BCUT2D eigenvalue weighted by molar-refractivity contribution is -0.175. The van der Waals surface area contributed by atoms with Crippen molar-refractivity contribution in [2.24, 2.45) is 0 Å². The van der Waals surface area contributed by atoms with Gasteiger partial charge in [0, 0.05) is 54.0 Å². The lowest BCUT2D eigenvalue weighted by Gasteiger charge is -2.40. The van der Waals surface area contributed by atoms with Crippen LogP contribution < -0.4 is 21.3 Å². The normalized spacial score (nSPS) is 17.7. The van der Waals surface area contributed by atoms with E-state index in [0.29, 0.717) is 0 Å². The summed E-state index contributed by atoms with van der Waals surface area (Å²) in [5.41, 5.74) is -2.98. The van der Waals surface area contributed by atoms with Gasteiger partial charge in [-0.25, -0.2) is 4.98 Å². The van der Waals surface area contributed by atoms with Gasteiger partial charge in [0.2, 0.25) is 5.91 Å². The number of alkyl halides is 6. The van der Waals surface area contributed by atoms with E-state index < -0.39 is 64.7 Å². The lowest BCUT2D eigenvalue weighted by Crippen LogP contribution is -2.58. The molecule has 3 atom stereocenters. The number of pyridine rings is 1. The van der Waals surface area contributed by atoms with Crippen LogP contribution in [0.15, 0.2) is 66.4 Å². The van der Waals surface area contributed by atoms with Gasteiger partial charge in [0.05, 0.1) is 16.7 Å². The van der Waals surface area contributed by atoms with Crippen LogP contribution in [0.1, 0.15) is 37.6 Å². The topological polar surface area (TPSA) is 160 Å². The monoisotopic (exact) mass is 775 g/mol. The standard InChI is InChI=1S/C33H33Cl2F6N7O4/c1-31(2,52)16-43-13-22(27(35)42)28(49)45-20-11-19(44-24-12-25(32(36,37)38)46-23-9-8-18(34)10-21(23)24)14-48(15-20)29(50)26(17-6-4-3-5-7-17)47-30(51)33(39,40)41/h3-10,12-13,19-20,26,42-43,52H,11,14-16H2,1-2H3,(H,44,46)(H,45,49)(H,47,51)/b22-13+,42-27?/t19-,20+,26-/m1/s1. The van der Waals surface area contributed by atoms with Gasteiger partial charge in [-0.15, -0.1) is 0 Å². The number of aliphatic hydroxyl groups is 1. The molecule has 19 heteroatoms. The summed E-state index contributed by atoms with van der Waals surface area (Å²) >= 11 is 12.0. The molecule has 6 N–H and O–H groups in total. The number of benzene rings is 2. The summed E-state index contributed by atoms with van der Waals surface area (Å²) in [6.45, 7) is 2.30. The van der Waals surface area contributed by atoms with Crippen molar-refractivity contribution in [3.05, 3.63) is 82.7 Å². The van der Waals surface area contributed by atoms with Gasteiger partial charge in [-0.2, -0.15) is 26.3 Å². The molecule has 1 saturated heterocycles. The van der Waals surface area contributed by atoms with Gasteiger partial charge >= 0.3 is 18.3 Å². The van der Waals surface area contributed by atoms with Crippen LogP contribution in [0.3, 0.4) is 0 Å². The van der Waals surface area contributed by atoms with Crippen LogP contribution in [0.25, 0.3) is 10.9 Å². The third-order valence-corrected chi connectivity index (χ3v) is 8.13. The fraction of sp³-hybridized carbons (Fsp3) is 0.364. The van der Waals surface area contributed by atoms with Crippen LogP contribution in [0.4, 0.5) is 32.0 Å². The Morgan fingerprint density at radius 2 is 1.69 bits per heavy atom. The predicted octanol–water partition coefficient (Wildman–Crippen LogP) is 5.28. The molecule has 1 aromatic heterocycles. The number of piperidine rings is 1. The Morgan fingerprint density at radius 3 is 2.29 bits per heavy atom. The number of rotatable bonds is 11. The molecule has 0 saturated carbocycles. The van der Waals surface area contributed by atoms with E-state index in [1.54, 1.807) is 11.4 Å². The molecule has 0 spiro atoms. The number of hydrogen-bond acceptors (Lipinski definition) is 8. The zero-order valence-electron chi connectivity index (χ0n) is 27.4. The number of carbonyl (C=O) groups is 3. The second-order valence-corrected chi connectivity index (χ2v) is 13.4. The highest BCUT2D eigenvalue weighted by Crippen LogP contribution is 2.35. The van der Waals surface area contributed by atoms with E-state index in [4.69, 9.17) is 28.6 Å². The van der Waals surface area contributed by atoms with Crippen molar-refractivity contribution in [1.29, 1.82) is 5.41 Å². The van der Waals surface area contributed by atoms with Crippen molar-refractivity contribution in [3.8, 4) is 0 Å². The highest BCUT2D eigenvalue weighted by atomic mass is 35.5. The van der Waals surface area contributed by atoms with Gasteiger partial charge in [-0.1, -0.05) is 53.5 Å². The van der Waals surface area contributed by atoms with E-state index in [1.807, 2.05) is 0 Å². The Bertz CT molecular complexity index is 1850. The third kappa shape index (κ3) is 10.7. The van der Waals surface area contributed by atoms with Gasteiger partial charge < -0.3 is 31.3 Å². The summed E-state index contributed by atoms with van der Waals surface area (Å²) in [6.07, 6.45) is -9.16. The summed E-state index contributed by atoms with van der Waals surface area (Å²) in [6, 6.07) is 8.00. The molecule has 11 nitrogen and oxygen atoms in total. The number of nitrogens with zero attached hydrogens (tertiary/aromatic N) is 2. The van der Waals surface area contributed by atoms with Gasteiger partial charge in [-0.05, 0) is 50.1 Å². The van der Waals surface area contributed by atoms with Crippen molar-refractivity contribution < 1.29 is 45.8 Å². The van der Waals surface area contributed by atoms with Crippen LogP contribution in [0.5, 0.6) is 0 Å². The Balaban J connectivity index is 1.73. The Morgan fingerprint density at radius 1 is 1.04 bits per heavy atom. The molecule has 4 rings (SSSR count). The van der Waals surface area contributed by atoms with E-state index in [9.17, 15) is 45.8 Å². The molecule has 0 unspecified atom stereocenters. The molecule has 0 bridgehead atoms. The molecule has 3 aromatic rings. The zero-order valence-corrected chi connectivity index (χ0v) is 28.9. The number of carbonyl (C=O) groups excluding carboxylic acids is 3. The maximum Gasteiger partial charge on any atom is 0.471 e. The van der Waals surface area contributed by atoms with Crippen molar-refractivity contribution in [1.82, 2.24) is 25.8 Å². The first kappa shape index (κ1) is 40.2. The van der Waals surface area contributed by atoms with Crippen molar-refractivity contribution in [3.63, 3.8) is 0 Å². The number of anilines is 1. The number of halogens is 8. The van der Waals surface area contributed by atoms with E-state index in [2.05, 4.69) is 20.9 Å². The fourth-order valence-electron chi connectivity index (χ4n) is 5.39. The maximum absolute atomic E-state index is 14.0. The van der Waals surface area contributed by atoms with E-state index >= 15 is 0 Å².